The Bertz CT molecular complexity index is 604. The number of amides is 1. The third-order valence-electron chi connectivity index (χ3n) is 2.13. The molecule has 7 nitrogen and oxygen atoms in total. The number of nitrogens with two attached hydrogens (primary N) is 2. The summed E-state index contributed by atoms with van der Waals surface area (Å²) in [4.78, 5) is 14.9. The molecule has 1 aromatic rings. The third-order valence-corrected chi connectivity index (χ3v) is 3.26. The van der Waals surface area contributed by atoms with Crippen molar-refractivity contribution in [2.45, 2.75) is 4.90 Å². The molecule has 0 aromatic heterocycles. The van der Waals surface area contributed by atoms with E-state index in [9.17, 15) is 13.2 Å². The fraction of sp³-hybridized carbons (Fsp3) is 0.200. The molecular formula is C10H14N4O3S. The Hall–Kier alpha value is -2.09. The van der Waals surface area contributed by atoms with Crippen LogP contribution in [0.5, 0.6) is 0 Å². The molecular weight excluding hydrogens is 256 g/mol. The molecule has 5 N–H and O–H groups in total. The lowest BCUT2D eigenvalue weighted by Gasteiger charge is -2.08. The number of benzene rings is 1. The second-order valence-corrected chi connectivity index (χ2v) is 5.56. The number of carbonyl (C=O) groups is 1. The van der Waals surface area contributed by atoms with Crippen LogP contribution in [0.25, 0.3) is 0 Å². The first-order chi connectivity index (χ1) is 8.25. The van der Waals surface area contributed by atoms with Crippen LogP contribution in [0.3, 0.4) is 0 Å². The van der Waals surface area contributed by atoms with Gasteiger partial charge in [-0.05, 0) is 18.2 Å². The first-order valence-electron chi connectivity index (χ1n) is 4.91. The molecule has 0 saturated heterocycles. The quantitative estimate of drug-likeness (QED) is 0.504. The fourth-order valence-electron chi connectivity index (χ4n) is 1.35. The SMILES string of the molecule is CNc1ccc(C(=O)N=C(N)N)cc1S(C)(=O)=O. The minimum Gasteiger partial charge on any atom is -0.387 e. The van der Waals surface area contributed by atoms with Gasteiger partial charge in [0.1, 0.15) is 0 Å². The van der Waals surface area contributed by atoms with E-state index in [4.69, 9.17) is 11.5 Å². The van der Waals surface area contributed by atoms with Gasteiger partial charge in [0.15, 0.2) is 15.8 Å². The number of hydrogen-bond acceptors (Lipinski definition) is 4. The predicted molar refractivity (Wildman–Crippen MR) is 69.2 cm³/mol. The molecule has 18 heavy (non-hydrogen) atoms. The molecule has 1 aromatic carbocycles. The van der Waals surface area contributed by atoms with Crippen LogP contribution in [0.2, 0.25) is 0 Å². The molecule has 1 amide bonds. The number of rotatable bonds is 3. The molecule has 98 valence electrons. The van der Waals surface area contributed by atoms with Crippen molar-refractivity contribution >= 4 is 27.4 Å². The maximum Gasteiger partial charge on any atom is 0.280 e. The Morgan fingerprint density at radius 2 is 1.94 bits per heavy atom. The Morgan fingerprint density at radius 3 is 2.39 bits per heavy atom. The summed E-state index contributed by atoms with van der Waals surface area (Å²) in [5, 5.41) is 2.73. The predicted octanol–water partition coefficient (Wildman–Crippen LogP) is -0.455. The standard InChI is InChI=1S/C10H14N4O3S/c1-13-7-4-3-6(9(15)14-10(11)12)5-8(7)18(2,16)17/h3-5,13H,1-2H3,(H4,11,12,14,15). The molecule has 0 aliphatic rings. The molecule has 8 heteroatoms. The minimum atomic E-state index is -3.46. The van der Waals surface area contributed by atoms with Gasteiger partial charge in [-0.2, -0.15) is 4.99 Å². The summed E-state index contributed by atoms with van der Waals surface area (Å²) in [5.74, 6) is -1.07. The zero-order valence-corrected chi connectivity index (χ0v) is 10.8. The summed E-state index contributed by atoms with van der Waals surface area (Å²) in [6.07, 6.45) is 1.05. The highest BCUT2D eigenvalue weighted by molar-refractivity contribution is 7.90. The normalized spacial score (nSPS) is 10.8. The van der Waals surface area contributed by atoms with Gasteiger partial charge in [-0.3, -0.25) is 4.79 Å². The Kier molecular flexibility index (Phi) is 3.92. The van der Waals surface area contributed by atoms with Crippen molar-refractivity contribution in [1.82, 2.24) is 0 Å². The second kappa shape index (κ2) is 5.05. The van der Waals surface area contributed by atoms with E-state index in [0.29, 0.717) is 5.69 Å². The number of carbonyl (C=O) groups excluding carboxylic acids is 1. The van der Waals surface area contributed by atoms with Crippen LogP contribution in [0, 0.1) is 0 Å². The minimum absolute atomic E-state index is 0.0154. The van der Waals surface area contributed by atoms with E-state index in [0.717, 1.165) is 6.26 Å². The molecule has 0 aliphatic carbocycles. The highest BCUT2D eigenvalue weighted by Gasteiger charge is 2.16. The van der Waals surface area contributed by atoms with Crippen molar-refractivity contribution in [3.63, 3.8) is 0 Å². The van der Waals surface area contributed by atoms with Gasteiger partial charge in [-0.25, -0.2) is 8.42 Å². The molecule has 1 rings (SSSR count). The van der Waals surface area contributed by atoms with Crippen molar-refractivity contribution in [2.24, 2.45) is 16.5 Å². The van der Waals surface area contributed by atoms with Gasteiger partial charge in [-0.15, -0.1) is 0 Å². The molecule has 0 fully saturated rings. The molecule has 0 atom stereocenters. The molecule has 0 heterocycles. The van der Waals surface area contributed by atoms with Crippen LogP contribution in [-0.2, 0) is 9.84 Å². The maximum atomic E-state index is 11.6. The largest absolute Gasteiger partial charge is 0.387 e. The van der Waals surface area contributed by atoms with Crippen molar-refractivity contribution in [1.29, 1.82) is 0 Å². The van der Waals surface area contributed by atoms with Crippen molar-refractivity contribution < 1.29 is 13.2 Å². The zero-order chi connectivity index (χ0) is 13.9. The Labute approximate surface area is 105 Å². The van der Waals surface area contributed by atoms with Crippen LogP contribution in [0.1, 0.15) is 10.4 Å². The van der Waals surface area contributed by atoms with Gasteiger partial charge in [0, 0.05) is 18.9 Å². The first-order valence-corrected chi connectivity index (χ1v) is 6.80. The number of anilines is 1. The van der Waals surface area contributed by atoms with Gasteiger partial charge in [0.2, 0.25) is 0 Å². The monoisotopic (exact) mass is 270 g/mol. The lowest BCUT2D eigenvalue weighted by atomic mass is 10.2. The van der Waals surface area contributed by atoms with Crippen molar-refractivity contribution in [2.75, 3.05) is 18.6 Å². The molecule has 0 unspecified atom stereocenters. The Morgan fingerprint density at radius 1 is 1.33 bits per heavy atom. The number of aliphatic imine (C=N–C) groups is 1. The fourth-order valence-corrected chi connectivity index (χ4v) is 2.26. The van der Waals surface area contributed by atoms with Crippen molar-refractivity contribution in [3.8, 4) is 0 Å². The number of nitrogens with one attached hydrogen (secondary N) is 1. The highest BCUT2D eigenvalue weighted by Crippen LogP contribution is 2.22. The maximum absolute atomic E-state index is 11.6. The van der Waals surface area contributed by atoms with Gasteiger partial charge in [0.25, 0.3) is 5.91 Å². The molecule has 0 radical (unpaired) electrons. The zero-order valence-electron chi connectivity index (χ0n) is 9.97. The van der Waals surface area contributed by atoms with E-state index in [2.05, 4.69) is 10.3 Å². The van der Waals surface area contributed by atoms with E-state index in [1.807, 2.05) is 0 Å². The van der Waals surface area contributed by atoms with E-state index >= 15 is 0 Å². The number of nitrogens with zero attached hydrogens (tertiary/aromatic N) is 1. The van der Waals surface area contributed by atoms with E-state index in [-0.39, 0.29) is 16.4 Å². The lowest BCUT2D eigenvalue weighted by Crippen LogP contribution is -2.24. The molecule has 0 saturated carbocycles. The summed E-state index contributed by atoms with van der Waals surface area (Å²) >= 11 is 0. The van der Waals surface area contributed by atoms with Crippen LogP contribution in [0.4, 0.5) is 5.69 Å². The van der Waals surface area contributed by atoms with E-state index in [1.165, 1.54) is 18.2 Å². The Balaban J connectivity index is 3.37. The van der Waals surface area contributed by atoms with E-state index in [1.54, 1.807) is 7.05 Å². The topological polar surface area (TPSA) is 128 Å². The van der Waals surface area contributed by atoms with Gasteiger partial charge in [0.05, 0.1) is 10.6 Å². The van der Waals surface area contributed by atoms with Crippen molar-refractivity contribution in [3.05, 3.63) is 23.8 Å². The average Bonchev–Trinajstić information content (AvgIpc) is 2.26. The highest BCUT2D eigenvalue weighted by atomic mass is 32.2. The average molecular weight is 270 g/mol. The molecule has 0 bridgehead atoms. The summed E-state index contributed by atoms with van der Waals surface area (Å²) < 4.78 is 23.1. The van der Waals surface area contributed by atoms with Crippen LogP contribution < -0.4 is 16.8 Å². The summed E-state index contributed by atoms with van der Waals surface area (Å²) in [6, 6.07) is 4.15. The second-order valence-electron chi connectivity index (χ2n) is 3.57. The smallest absolute Gasteiger partial charge is 0.280 e. The van der Waals surface area contributed by atoms with Gasteiger partial charge < -0.3 is 16.8 Å². The third kappa shape index (κ3) is 3.20. The molecule has 0 aliphatic heterocycles. The van der Waals surface area contributed by atoms with Crippen LogP contribution >= 0.6 is 0 Å². The number of sulfone groups is 1. The molecule has 0 spiro atoms. The number of hydrogen-bond donors (Lipinski definition) is 3. The summed E-state index contributed by atoms with van der Waals surface area (Å²) in [7, 11) is -1.87. The summed E-state index contributed by atoms with van der Waals surface area (Å²) in [5.41, 5.74) is 10.7. The van der Waals surface area contributed by atoms with Gasteiger partial charge >= 0.3 is 0 Å². The van der Waals surface area contributed by atoms with Crippen LogP contribution in [0.15, 0.2) is 28.1 Å². The van der Waals surface area contributed by atoms with E-state index < -0.39 is 15.7 Å². The lowest BCUT2D eigenvalue weighted by molar-refractivity contribution is 0.100. The van der Waals surface area contributed by atoms with Gasteiger partial charge in [-0.1, -0.05) is 0 Å². The number of guanidine groups is 1. The first kappa shape index (κ1) is 14.0. The summed E-state index contributed by atoms with van der Waals surface area (Å²) in [6.45, 7) is 0. The van der Waals surface area contributed by atoms with Crippen LogP contribution in [-0.4, -0.2) is 33.6 Å².